The molecule has 1 aromatic carbocycles. The van der Waals surface area contributed by atoms with Crippen LogP contribution in [-0.2, 0) is 11.3 Å². The second-order valence-electron chi connectivity index (χ2n) is 8.30. The van der Waals surface area contributed by atoms with E-state index in [1.807, 2.05) is 25.1 Å². The number of fused-ring (bicyclic) bond motifs is 1. The fourth-order valence-electron chi connectivity index (χ4n) is 4.15. The van der Waals surface area contributed by atoms with Gasteiger partial charge in [0.25, 0.3) is 17.6 Å². The molecule has 1 aliphatic heterocycles. The average Bonchev–Trinajstić information content (AvgIpc) is 3.32. The van der Waals surface area contributed by atoms with Crippen molar-refractivity contribution in [3.63, 3.8) is 0 Å². The van der Waals surface area contributed by atoms with Gasteiger partial charge in [0.2, 0.25) is 0 Å². The van der Waals surface area contributed by atoms with E-state index in [2.05, 4.69) is 22.3 Å². The first kappa shape index (κ1) is 23.4. The van der Waals surface area contributed by atoms with Gasteiger partial charge in [0.1, 0.15) is 0 Å². The topological polar surface area (TPSA) is 100 Å². The monoisotopic (exact) mass is 462 g/mol. The van der Waals surface area contributed by atoms with Crippen molar-refractivity contribution in [3.8, 4) is 0 Å². The maximum atomic E-state index is 13.3. The zero-order valence-corrected chi connectivity index (χ0v) is 19.7. The Morgan fingerprint density at radius 2 is 1.68 bits per heavy atom. The lowest BCUT2D eigenvalue weighted by Crippen LogP contribution is -2.52. The molecule has 3 aromatic rings. The summed E-state index contributed by atoms with van der Waals surface area (Å²) in [4.78, 5) is 46.8. The quantitative estimate of drug-likeness (QED) is 0.314. The Kier molecular flexibility index (Phi) is 7.20. The number of carbonyl (C=O) groups excluding carboxylic acids is 3. The van der Waals surface area contributed by atoms with Crippen LogP contribution in [0.1, 0.15) is 47.4 Å². The van der Waals surface area contributed by atoms with Crippen molar-refractivity contribution in [2.24, 2.45) is 0 Å². The van der Waals surface area contributed by atoms with Gasteiger partial charge >= 0.3 is 0 Å². The first-order valence-electron chi connectivity index (χ1n) is 11.8. The second kappa shape index (κ2) is 10.5. The van der Waals surface area contributed by atoms with Crippen LogP contribution >= 0.6 is 0 Å². The Labute approximate surface area is 198 Å². The molecule has 0 aliphatic carbocycles. The number of ketones is 1. The van der Waals surface area contributed by atoms with Crippen LogP contribution in [0.3, 0.4) is 0 Å². The average molecular weight is 463 g/mol. The standard InChI is InChI=1S/C25H30N6O3/c1-3-5-11-26-21-19(16-27-23-20(21)17-28-31(23)4-2)22(32)25(34)30-14-12-29(13-15-30)24(33)18-9-7-6-8-10-18/h6-10,16-17H,3-5,11-15H2,1-2H3,(H,26,27). The molecule has 9 heteroatoms. The number of hydrogen-bond acceptors (Lipinski definition) is 6. The summed E-state index contributed by atoms with van der Waals surface area (Å²) in [5.74, 6) is -1.24. The lowest BCUT2D eigenvalue weighted by atomic mass is 10.1. The van der Waals surface area contributed by atoms with Crippen LogP contribution in [0, 0.1) is 0 Å². The van der Waals surface area contributed by atoms with Gasteiger partial charge in [-0.25, -0.2) is 9.67 Å². The largest absolute Gasteiger partial charge is 0.384 e. The van der Waals surface area contributed by atoms with Crippen molar-refractivity contribution in [2.75, 3.05) is 38.0 Å². The number of nitrogens with one attached hydrogen (secondary N) is 1. The van der Waals surface area contributed by atoms with Crippen molar-refractivity contribution in [1.29, 1.82) is 0 Å². The van der Waals surface area contributed by atoms with Gasteiger partial charge in [0.05, 0.1) is 22.8 Å². The number of nitrogens with zero attached hydrogens (tertiary/aromatic N) is 5. The number of piperazine rings is 1. The summed E-state index contributed by atoms with van der Waals surface area (Å²) in [6.45, 7) is 6.80. The van der Waals surface area contributed by atoms with Crippen LogP contribution in [0.2, 0.25) is 0 Å². The van der Waals surface area contributed by atoms with E-state index in [1.54, 1.807) is 27.9 Å². The van der Waals surface area contributed by atoms with E-state index in [1.165, 1.54) is 11.1 Å². The SMILES string of the molecule is CCCCNc1c(C(=O)C(=O)N2CCN(C(=O)c3ccccc3)CC2)cnc2c1cnn2CC. The van der Waals surface area contributed by atoms with E-state index in [0.29, 0.717) is 56.2 Å². The van der Waals surface area contributed by atoms with Gasteiger partial charge in [-0.2, -0.15) is 5.10 Å². The Morgan fingerprint density at radius 1 is 0.971 bits per heavy atom. The number of carbonyl (C=O) groups is 3. The minimum absolute atomic E-state index is 0.0657. The predicted molar refractivity (Wildman–Crippen MR) is 130 cm³/mol. The van der Waals surface area contributed by atoms with Crippen molar-refractivity contribution in [2.45, 2.75) is 33.2 Å². The maximum Gasteiger partial charge on any atom is 0.295 e. The Hall–Kier alpha value is -3.75. The summed E-state index contributed by atoms with van der Waals surface area (Å²) in [5, 5.41) is 8.42. The van der Waals surface area contributed by atoms with Crippen LogP contribution in [0.15, 0.2) is 42.7 Å². The summed E-state index contributed by atoms with van der Waals surface area (Å²) >= 11 is 0. The summed E-state index contributed by atoms with van der Waals surface area (Å²) in [7, 11) is 0. The third-order valence-electron chi connectivity index (χ3n) is 6.11. The van der Waals surface area contributed by atoms with Gasteiger partial charge < -0.3 is 15.1 Å². The zero-order chi connectivity index (χ0) is 24.1. The summed E-state index contributed by atoms with van der Waals surface area (Å²) < 4.78 is 1.76. The molecule has 0 radical (unpaired) electrons. The highest BCUT2D eigenvalue weighted by Crippen LogP contribution is 2.27. The molecule has 9 nitrogen and oxygen atoms in total. The molecule has 34 heavy (non-hydrogen) atoms. The van der Waals surface area contributed by atoms with Crippen LogP contribution < -0.4 is 5.32 Å². The molecule has 4 rings (SSSR count). The van der Waals surface area contributed by atoms with Crippen molar-refractivity contribution in [1.82, 2.24) is 24.6 Å². The summed E-state index contributed by atoms with van der Waals surface area (Å²) in [6.07, 6.45) is 5.10. The second-order valence-corrected chi connectivity index (χ2v) is 8.30. The molecular weight excluding hydrogens is 432 g/mol. The smallest absolute Gasteiger partial charge is 0.295 e. The first-order valence-corrected chi connectivity index (χ1v) is 11.8. The molecule has 1 fully saturated rings. The van der Waals surface area contributed by atoms with Gasteiger partial charge in [-0.3, -0.25) is 14.4 Å². The summed E-state index contributed by atoms with van der Waals surface area (Å²) in [5.41, 5.74) is 2.16. The maximum absolute atomic E-state index is 13.3. The minimum atomic E-state index is -0.597. The van der Waals surface area contributed by atoms with Crippen LogP contribution in [-0.4, -0.2) is 74.9 Å². The fraction of sp³-hybridized carbons (Fsp3) is 0.400. The van der Waals surface area contributed by atoms with Crippen molar-refractivity contribution >= 4 is 34.3 Å². The Bertz CT molecular complexity index is 1180. The number of anilines is 1. The normalized spacial score (nSPS) is 13.8. The highest BCUT2D eigenvalue weighted by Gasteiger charge is 2.31. The number of unbranched alkanes of at least 4 members (excludes halogenated alkanes) is 1. The van der Waals surface area contributed by atoms with Crippen molar-refractivity contribution < 1.29 is 14.4 Å². The molecule has 1 saturated heterocycles. The number of aryl methyl sites for hydroxylation is 1. The highest BCUT2D eigenvalue weighted by atomic mass is 16.2. The number of Topliss-reactive ketones (excluding diaryl/α,β-unsaturated/α-hetero) is 1. The number of amides is 2. The van der Waals surface area contributed by atoms with E-state index in [0.717, 1.165) is 18.2 Å². The molecule has 0 atom stereocenters. The number of pyridine rings is 1. The number of aromatic nitrogens is 3. The number of benzene rings is 1. The molecule has 1 aliphatic rings. The fourth-order valence-corrected chi connectivity index (χ4v) is 4.15. The molecule has 178 valence electrons. The van der Waals surface area contributed by atoms with Crippen LogP contribution in [0.4, 0.5) is 5.69 Å². The zero-order valence-electron chi connectivity index (χ0n) is 19.7. The van der Waals surface area contributed by atoms with E-state index in [9.17, 15) is 14.4 Å². The molecule has 2 amide bonds. The van der Waals surface area contributed by atoms with Gasteiger partial charge in [-0.1, -0.05) is 31.5 Å². The van der Waals surface area contributed by atoms with E-state index >= 15 is 0 Å². The lowest BCUT2D eigenvalue weighted by molar-refractivity contribution is -0.127. The third kappa shape index (κ3) is 4.64. The number of hydrogen-bond donors (Lipinski definition) is 1. The Morgan fingerprint density at radius 3 is 2.35 bits per heavy atom. The van der Waals surface area contributed by atoms with Gasteiger partial charge in [-0.15, -0.1) is 0 Å². The molecule has 1 N–H and O–H groups in total. The molecular formula is C25H30N6O3. The molecule has 0 unspecified atom stereocenters. The van der Waals surface area contributed by atoms with Crippen LogP contribution in [0.5, 0.6) is 0 Å². The van der Waals surface area contributed by atoms with E-state index in [4.69, 9.17) is 0 Å². The molecule has 2 aromatic heterocycles. The summed E-state index contributed by atoms with van der Waals surface area (Å²) in [6, 6.07) is 9.07. The van der Waals surface area contributed by atoms with Gasteiger partial charge in [0, 0.05) is 51.0 Å². The van der Waals surface area contributed by atoms with Crippen molar-refractivity contribution in [3.05, 3.63) is 53.9 Å². The minimum Gasteiger partial charge on any atom is -0.384 e. The molecule has 0 saturated carbocycles. The third-order valence-corrected chi connectivity index (χ3v) is 6.11. The number of rotatable bonds is 8. The van der Waals surface area contributed by atoms with E-state index in [-0.39, 0.29) is 11.5 Å². The lowest BCUT2D eigenvalue weighted by Gasteiger charge is -2.34. The Balaban J connectivity index is 1.50. The van der Waals surface area contributed by atoms with E-state index < -0.39 is 11.7 Å². The molecule has 0 spiro atoms. The molecule has 0 bridgehead atoms. The van der Waals surface area contributed by atoms with Crippen LogP contribution in [0.25, 0.3) is 11.0 Å². The van der Waals surface area contributed by atoms with Gasteiger partial charge in [-0.05, 0) is 25.5 Å². The van der Waals surface area contributed by atoms with Gasteiger partial charge in [0.15, 0.2) is 5.65 Å². The highest BCUT2D eigenvalue weighted by molar-refractivity contribution is 6.44. The first-order chi connectivity index (χ1) is 16.5. The predicted octanol–water partition coefficient (Wildman–Crippen LogP) is 2.83. The molecule has 3 heterocycles.